The van der Waals surface area contributed by atoms with Crippen molar-refractivity contribution in [3.8, 4) is 11.1 Å². The Morgan fingerprint density at radius 3 is 2.38 bits per heavy atom. The molecule has 4 aromatic rings. The second kappa shape index (κ2) is 12.0. The van der Waals surface area contributed by atoms with Crippen LogP contribution in [0.2, 0.25) is 0 Å². The molecule has 0 radical (unpaired) electrons. The molecule has 210 valence electrons. The topological polar surface area (TPSA) is 86.1 Å². The minimum Gasteiger partial charge on any atom is -0.456 e. The van der Waals surface area contributed by atoms with Gasteiger partial charge in [0, 0.05) is 12.3 Å². The Morgan fingerprint density at radius 1 is 1.02 bits per heavy atom. The van der Waals surface area contributed by atoms with Crippen molar-refractivity contribution in [3.05, 3.63) is 77.2 Å². The Kier molecular flexibility index (Phi) is 8.72. The molecular weight excluding hydrogens is 500 g/mol. The van der Waals surface area contributed by atoms with E-state index in [9.17, 15) is 9.59 Å². The number of imidazole rings is 1. The largest absolute Gasteiger partial charge is 0.456 e. The molecule has 4 rings (SSSR count). The van der Waals surface area contributed by atoms with E-state index in [0.29, 0.717) is 17.8 Å². The molecule has 40 heavy (non-hydrogen) atoms. The summed E-state index contributed by atoms with van der Waals surface area (Å²) < 4.78 is 7.81. The summed E-state index contributed by atoms with van der Waals surface area (Å²) in [5.41, 5.74) is 5.93. The minimum atomic E-state index is -0.565. The van der Waals surface area contributed by atoms with Crippen LogP contribution < -0.4 is 5.32 Å². The van der Waals surface area contributed by atoms with E-state index in [0.717, 1.165) is 58.6 Å². The van der Waals surface area contributed by atoms with Gasteiger partial charge in [-0.2, -0.15) is 0 Å². The van der Waals surface area contributed by atoms with Crippen LogP contribution in [0.25, 0.3) is 22.3 Å². The van der Waals surface area contributed by atoms with Gasteiger partial charge in [-0.15, -0.1) is 0 Å². The maximum Gasteiger partial charge on any atom is 0.339 e. The lowest BCUT2D eigenvalue weighted by atomic mass is 9.98. The Labute approximate surface area is 237 Å². The highest BCUT2D eigenvalue weighted by molar-refractivity contribution is 5.97. The van der Waals surface area contributed by atoms with E-state index >= 15 is 0 Å². The summed E-state index contributed by atoms with van der Waals surface area (Å²) in [4.78, 5) is 35.0. The second-order valence-corrected chi connectivity index (χ2v) is 11.6. The number of pyridine rings is 1. The van der Waals surface area contributed by atoms with Crippen LogP contribution in [-0.2, 0) is 22.5 Å². The molecule has 0 aliphatic carbocycles. The van der Waals surface area contributed by atoms with Gasteiger partial charge in [0.25, 0.3) is 0 Å². The predicted molar refractivity (Wildman–Crippen MR) is 160 cm³/mol. The van der Waals surface area contributed by atoms with Gasteiger partial charge < -0.3 is 14.6 Å². The quantitative estimate of drug-likeness (QED) is 0.224. The molecule has 0 saturated heterocycles. The molecule has 2 aromatic heterocycles. The predicted octanol–water partition coefficient (Wildman–Crippen LogP) is 7.35. The number of unbranched alkanes of at least 4 members (excludes halogenated alkanes) is 1. The summed E-state index contributed by atoms with van der Waals surface area (Å²) >= 11 is 0. The lowest BCUT2D eigenvalue weighted by molar-refractivity contribution is -0.118. The number of benzene rings is 2. The van der Waals surface area contributed by atoms with Crippen molar-refractivity contribution in [2.24, 2.45) is 5.92 Å². The molecule has 0 aliphatic heterocycles. The molecule has 0 unspecified atom stereocenters. The summed E-state index contributed by atoms with van der Waals surface area (Å²) in [5, 5.41) is 2.99. The Balaban J connectivity index is 1.65. The number of ether oxygens (including phenoxy) is 1. The van der Waals surface area contributed by atoms with Crippen LogP contribution in [0.5, 0.6) is 0 Å². The van der Waals surface area contributed by atoms with Crippen molar-refractivity contribution in [2.45, 2.75) is 79.9 Å². The summed E-state index contributed by atoms with van der Waals surface area (Å²) in [6.07, 6.45) is 2.94. The third-order valence-corrected chi connectivity index (χ3v) is 6.68. The van der Waals surface area contributed by atoms with Crippen LogP contribution in [0.4, 0.5) is 5.69 Å². The Bertz CT molecular complexity index is 1510. The molecule has 1 N–H and O–H groups in total. The van der Waals surface area contributed by atoms with Gasteiger partial charge in [-0.3, -0.25) is 4.79 Å². The average molecular weight is 541 g/mol. The summed E-state index contributed by atoms with van der Waals surface area (Å²) in [6, 6.07) is 17.7. The van der Waals surface area contributed by atoms with Crippen LogP contribution in [0.15, 0.2) is 54.6 Å². The number of aryl methyl sites for hydroxylation is 2. The van der Waals surface area contributed by atoms with E-state index in [1.165, 1.54) is 0 Å². The third-order valence-electron chi connectivity index (χ3n) is 6.68. The summed E-state index contributed by atoms with van der Waals surface area (Å²) in [5.74, 6) is 0.494. The smallest absolute Gasteiger partial charge is 0.339 e. The highest BCUT2D eigenvalue weighted by atomic mass is 16.6. The molecule has 0 bridgehead atoms. The first kappa shape index (κ1) is 29.0. The molecule has 0 spiro atoms. The number of nitrogens with one attached hydrogen (secondary N) is 1. The molecule has 2 aromatic carbocycles. The minimum absolute atomic E-state index is 0.0387. The van der Waals surface area contributed by atoms with Crippen LogP contribution in [-0.4, -0.2) is 32.0 Å². The van der Waals surface area contributed by atoms with Gasteiger partial charge in [0.05, 0.1) is 23.5 Å². The maximum atomic E-state index is 12.9. The molecule has 0 atom stereocenters. The van der Waals surface area contributed by atoms with Gasteiger partial charge in [-0.05, 0) is 62.9 Å². The van der Waals surface area contributed by atoms with Crippen molar-refractivity contribution >= 4 is 28.7 Å². The number of anilines is 1. The average Bonchev–Trinajstić information content (AvgIpc) is 3.22. The van der Waals surface area contributed by atoms with Crippen molar-refractivity contribution < 1.29 is 14.3 Å². The van der Waals surface area contributed by atoms with Crippen LogP contribution >= 0.6 is 0 Å². The first-order chi connectivity index (χ1) is 19.0. The SMILES string of the molecule is CCCCc1nc2cc(NC(=O)C(C)C)c(C)nc2n1Cc1ccc(-c2ccccc2C(=O)OC(C)(C)C)cc1. The fraction of sp³-hybridized carbons (Fsp3) is 0.394. The van der Waals surface area contributed by atoms with Crippen LogP contribution in [0.3, 0.4) is 0 Å². The Morgan fingerprint density at radius 2 is 1.73 bits per heavy atom. The number of hydrogen-bond donors (Lipinski definition) is 1. The number of esters is 1. The number of hydrogen-bond acceptors (Lipinski definition) is 5. The monoisotopic (exact) mass is 540 g/mol. The lowest BCUT2D eigenvalue weighted by Crippen LogP contribution is -2.24. The van der Waals surface area contributed by atoms with Crippen molar-refractivity contribution in [3.63, 3.8) is 0 Å². The van der Waals surface area contributed by atoms with Gasteiger partial charge in [0.2, 0.25) is 5.91 Å². The highest BCUT2D eigenvalue weighted by Gasteiger charge is 2.21. The van der Waals surface area contributed by atoms with Gasteiger partial charge in [-0.1, -0.05) is 69.7 Å². The van der Waals surface area contributed by atoms with Crippen LogP contribution in [0.1, 0.15) is 81.8 Å². The zero-order valence-corrected chi connectivity index (χ0v) is 24.7. The maximum absolute atomic E-state index is 12.9. The number of carbonyl (C=O) groups is 2. The molecular formula is C33H40N4O3. The third kappa shape index (κ3) is 6.76. The number of aromatic nitrogens is 3. The molecule has 7 heteroatoms. The van der Waals surface area contributed by atoms with Gasteiger partial charge in [-0.25, -0.2) is 14.8 Å². The van der Waals surface area contributed by atoms with Gasteiger partial charge in [0.1, 0.15) is 16.9 Å². The molecule has 0 saturated carbocycles. The van der Waals surface area contributed by atoms with Crippen molar-refractivity contribution in [1.82, 2.24) is 14.5 Å². The molecule has 2 heterocycles. The van der Waals surface area contributed by atoms with Crippen LogP contribution in [0, 0.1) is 12.8 Å². The van der Waals surface area contributed by atoms with Crippen molar-refractivity contribution in [1.29, 1.82) is 0 Å². The van der Waals surface area contributed by atoms with E-state index in [4.69, 9.17) is 14.7 Å². The van der Waals surface area contributed by atoms with Gasteiger partial charge in [0.15, 0.2) is 5.65 Å². The highest BCUT2D eigenvalue weighted by Crippen LogP contribution is 2.28. The van der Waals surface area contributed by atoms with E-state index < -0.39 is 5.60 Å². The fourth-order valence-corrected chi connectivity index (χ4v) is 4.50. The zero-order valence-electron chi connectivity index (χ0n) is 24.7. The normalized spacial score (nSPS) is 11.7. The summed E-state index contributed by atoms with van der Waals surface area (Å²) in [7, 11) is 0. The number of amides is 1. The summed E-state index contributed by atoms with van der Waals surface area (Å²) in [6.45, 7) is 14.1. The number of rotatable bonds is 9. The van der Waals surface area contributed by atoms with E-state index in [-0.39, 0.29) is 17.8 Å². The molecule has 7 nitrogen and oxygen atoms in total. The molecule has 0 fully saturated rings. The first-order valence-corrected chi connectivity index (χ1v) is 14.1. The lowest BCUT2D eigenvalue weighted by Gasteiger charge is -2.20. The van der Waals surface area contributed by atoms with E-state index in [1.807, 2.05) is 77.9 Å². The molecule has 1 amide bonds. The first-order valence-electron chi connectivity index (χ1n) is 14.1. The second-order valence-electron chi connectivity index (χ2n) is 11.6. The van der Waals surface area contributed by atoms with E-state index in [1.54, 1.807) is 6.07 Å². The van der Waals surface area contributed by atoms with Crippen molar-refractivity contribution in [2.75, 3.05) is 5.32 Å². The fourth-order valence-electron chi connectivity index (χ4n) is 4.50. The zero-order chi connectivity index (χ0) is 29.0. The van der Waals surface area contributed by atoms with E-state index in [2.05, 4.69) is 28.9 Å². The Hall–Kier alpha value is -4.00. The van der Waals surface area contributed by atoms with Gasteiger partial charge >= 0.3 is 5.97 Å². The molecule has 0 aliphatic rings. The number of fused-ring (bicyclic) bond motifs is 1. The number of nitrogens with zero attached hydrogens (tertiary/aromatic N) is 3. The standard InChI is InChI=1S/C33H40N4O3/c1-8-9-14-29-35-28-19-27(36-31(38)21(2)3)22(4)34-30(28)37(29)20-23-15-17-24(18-16-23)25-12-10-11-13-26(25)32(39)40-33(5,6)7/h10-13,15-19,21H,8-9,14,20H2,1-7H3,(H,36,38). The number of carbonyl (C=O) groups excluding carboxylic acids is 2.